The van der Waals surface area contributed by atoms with Crippen molar-refractivity contribution >= 4 is 9.84 Å². The van der Waals surface area contributed by atoms with Gasteiger partial charge in [0.05, 0.1) is 15.8 Å². The van der Waals surface area contributed by atoms with E-state index in [1.165, 1.54) is 0 Å². The zero-order chi connectivity index (χ0) is 13.2. The van der Waals surface area contributed by atoms with Gasteiger partial charge in [0.25, 0.3) is 0 Å². The molecule has 0 saturated heterocycles. The molecule has 18 heavy (non-hydrogen) atoms. The van der Waals surface area contributed by atoms with Gasteiger partial charge in [0.1, 0.15) is 0 Å². The van der Waals surface area contributed by atoms with Gasteiger partial charge in [-0.1, -0.05) is 18.2 Å². The molecule has 2 aromatic rings. The van der Waals surface area contributed by atoms with Crippen molar-refractivity contribution in [2.75, 3.05) is 0 Å². The van der Waals surface area contributed by atoms with Gasteiger partial charge in [-0.15, -0.1) is 0 Å². The van der Waals surface area contributed by atoms with Crippen LogP contribution < -0.4 is 0 Å². The Bertz CT molecular complexity index is 637. The first-order valence-electron chi connectivity index (χ1n) is 5.64. The molecule has 4 nitrogen and oxygen atoms in total. The maximum absolute atomic E-state index is 12.3. The van der Waals surface area contributed by atoms with E-state index >= 15 is 0 Å². The maximum atomic E-state index is 12.3. The predicted octanol–water partition coefficient (Wildman–Crippen LogP) is 2.33. The van der Waals surface area contributed by atoms with Crippen molar-refractivity contribution in [3.8, 4) is 11.3 Å². The lowest BCUT2D eigenvalue weighted by atomic mass is 10.1. The van der Waals surface area contributed by atoms with Gasteiger partial charge in [0, 0.05) is 11.8 Å². The highest BCUT2D eigenvalue weighted by Gasteiger charge is 2.23. The molecule has 1 aromatic carbocycles. The summed E-state index contributed by atoms with van der Waals surface area (Å²) in [6.07, 6.45) is 1.56. The molecule has 2 rings (SSSR count). The van der Waals surface area contributed by atoms with Gasteiger partial charge in [-0.3, -0.25) is 0 Å². The summed E-state index contributed by atoms with van der Waals surface area (Å²) in [5.41, 5.74) is 1.16. The van der Waals surface area contributed by atoms with Crippen LogP contribution in [0.5, 0.6) is 0 Å². The first kappa shape index (κ1) is 12.7. The summed E-state index contributed by atoms with van der Waals surface area (Å²) in [5, 5.41) is 7.29. The highest BCUT2D eigenvalue weighted by molar-refractivity contribution is 7.92. The number of aromatic nitrogens is 2. The Morgan fingerprint density at radius 1 is 1.06 bits per heavy atom. The van der Waals surface area contributed by atoms with Crippen molar-refractivity contribution in [2.24, 2.45) is 0 Å². The number of benzene rings is 1. The van der Waals surface area contributed by atoms with Crippen LogP contribution in [0.1, 0.15) is 13.8 Å². The van der Waals surface area contributed by atoms with E-state index in [9.17, 15) is 8.42 Å². The summed E-state index contributed by atoms with van der Waals surface area (Å²) in [7, 11) is -3.32. The molecule has 0 saturated carbocycles. The molecule has 0 amide bonds. The zero-order valence-electron chi connectivity index (χ0n) is 10.2. The fourth-order valence-corrected chi connectivity index (χ4v) is 2.88. The molecule has 1 aromatic heterocycles. The SMILES string of the molecule is CC(C)S(=O)(=O)c1ccccc1-c1cccnn1. The third-order valence-electron chi connectivity index (χ3n) is 2.66. The normalized spacial score (nSPS) is 11.7. The van der Waals surface area contributed by atoms with Crippen LogP contribution >= 0.6 is 0 Å². The average Bonchev–Trinajstić information content (AvgIpc) is 2.39. The van der Waals surface area contributed by atoms with Gasteiger partial charge >= 0.3 is 0 Å². The quantitative estimate of drug-likeness (QED) is 0.851. The lowest BCUT2D eigenvalue weighted by molar-refractivity contribution is 0.587. The highest BCUT2D eigenvalue weighted by atomic mass is 32.2. The van der Waals surface area contributed by atoms with E-state index in [0.29, 0.717) is 16.2 Å². The van der Waals surface area contributed by atoms with Crippen molar-refractivity contribution in [3.05, 3.63) is 42.6 Å². The summed E-state index contributed by atoms with van der Waals surface area (Å²) in [6.45, 7) is 3.34. The Kier molecular flexibility index (Phi) is 3.43. The van der Waals surface area contributed by atoms with Crippen LogP contribution in [0.2, 0.25) is 0 Å². The Morgan fingerprint density at radius 2 is 1.78 bits per heavy atom. The van der Waals surface area contributed by atoms with E-state index in [2.05, 4.69) is 10.2 Å². The second-order valence-electron chi connectivity index (χ2n) is 4.20. The number of rotatable bonds is 3. The summed E-state index contributed by atoms with van der Waals surface area (Å²) in [6, 6.07) is 10.4. The van der Waals surface area contributed by atoms with Crippen LogP contribution in [0, 0.1) is 0 Å². The van der Waals surface area contributed by atoms with Gasteiger partial charge in [0.2, 0.25) is 0 Å². The second kappa shape index (κ2) is 4.86. The first-order chi connectivity index (χ1) is 8.53. The van der Waals surface area contributed by atoms with Crippen molar-refractivity contribution in [3.63, 3.8) is 0 Å². The van der Waals surface area contributed by atoms with Crippen molar-refractivity contribution in [1.82, 2.24) is 10.2 Å². The summed E-state index contributed by atoms with van der Waals surface area (Å²) >= 11 is 0. The zero-order valence-corrected chi connectivity index (χ0v) is 11.1. The molecule has 0 N–H and O–H groups in total. The van der Waals surface area contributed by atoms with Crippen LogP contribution in [-0.4, -0.2) is 23.9 Å². The van der Waals surface area contributed by atoms with E-state index in [1.54, 1.807) is 56.4 Å². The van der Waals surface area contributed by atoms with E-state index in [1.807, 2.05) is 0 Å². The van der Waals surface area contributed by atoms with Gasteiger partial charge in [-0.25, -0.2) is 8.42 Å². The molecule has 1 heterocycles. The first-order valence-corrected chi connectivity index (χ1v) is 7.19. The lowest BCUT2D eigenvalue weighted by Crippen LogP contribution is -2.15. The second-order valence-corrected chi connectivity index (χ2v) is 6.67. The molecule has 0 fully saturated rings. The van der Waals surface area contributed by atoms with Gasteiger partial charge in [-0.05, 0) is 32.0 Å². The minimum atomic E-state index is -3.32. The Labute approximate surface area is 107 Å². The highest BCUT2D eigenvalue weighted by Crippen LogP contribution is 2.27. The van der Waals surface area contributed by atoms with Crippen molar-refractivity contribution in [1.29, 1.82) is 0 Å². The van der Waals surface area contributed by atoms with Gasteiger partial charge < -0.3 is 0 Å². The molecule has 94 valence electrons. The van der Waals surface area contributed by atoms with Gasteiger partial charge in [0.15, 0.2) is 9.84 Å². The molecule has 0 radical (unpaired) electrons. The minimum Gasteiger partial charge on any atom is -0.223 e. The summed E-state index contributed by atoms with van der Waals surface area (Å²) in [5.74, 6) is 0. The van der Waals surface area contributed by atoms with Crippen molar-refractivity contribution < 1.29 is 8.42 Å². The molecule has 0 bridgehead atoms. The number of hydrogen-bond acceptors (Lipinski definition) is 4. The number of sulfone groups is 1. The van der Waals surface area contributed by atoms with Crippen LogP contribution in [0.3, 0.4) is 0 Å². The third kappa shape index (κ3) is 2.26. The third-order valence-corrected chi connectivity index (χ3v) is 4.87. The van der Waals surface area contributed by atoms with Crippen LogP contribution in [0.15, 0.2) is 47.5 Å². The monoisotopic (exact) mass is 262 g/mol. The molecule has 0 aliphatic carbocycles. The van der Waals surface area contributed by atoms with E-state index in [-0.39, 0.29) is 0 Å². The van der Waals surface area contributed by atoms with E-state index < -0.39 is 15.1 Å². The topological polar surface area (TPSA) is 59.9 Å². The van der Waals surface area contributed by atoms with Crippen LogP contribution in [0.4, 0.5) is 0 Å². The molecule has 5 heteroatoms. The standard InChI is InChI=1S/C13H14N2O2S/c1-10(2)18(16,17)13-8-4-3-6-11(13)12-7-5-9-14-15-12/h3-10H,1-2H3. The largest absolute Gasteiger partial charge is 0.223 e. The predicted molar refractivity (Wildman–Crippen MR) is 69.8 cm³/mol. The number of hydrogen-bond donors (Lipinski definition) is 0. The fourth-order valence-electron chi connectivity index (χ4n) is 1.63. The minimum absolute atomic E-state index is 0.306. The average molecular weight is 262 g/mol. The molecule has 0 spiro atoms. The summed E-state index contributed by atoms with van der Waals surface area (Å²) < 4.78 is 24.6. The van der Waals surface area contributed by atoms with Crippen LogP contribution in [0.25, 0.3) is 11.3 Å². The fraction of sp³-hybridized carbons (Fsp3) is 0.231. The van der Waals surface area contributed by atoms with E-state index in [4.69, 9.17) is 0 Å². The van der Waals surface area contributed by atoms with E-state index in [0.717, 1.165) is 0 Å². The van der Waals surface area contributed by atoms with Gasteiger partial charge in [-0.2, -0.15) is 10.2 Å². The molecule has 0 aliphatic rings. The van der Waals surface area contributed by atoms with Crippen molar-refractivity contribution in [2.45, 2.75) is 24.0 Å². The molecular formula is C13H14N2O2S. The molecule has 0 unspecified atom stereocenters. The Balaban J connectivity index is 2.65. The lowest BCUT2D eigenvalue weighted by Gasteiger charge is -2.11. The number of nitrogens with zero attached hydrogens (tertiary/aromatic N) is 2. The van der Waals surface area contributed by atoms with Crippen LogP contribution in [-0.2, 0) is 9.84 Å². The maximum Gasteiger partial charge on any atom is 0.181 e. The molecular weight excluding hydrogens is 248 g/mol. The smallest absolute Gasteiger partial charge is 0.181 e. The molecule has 0 atom stereocenters. The Hall–Kier alpha value is -1.75. The Morgan fingerprint density at radius 3 is 2.39 bits per heavy atom. The summed E-state index contributed by atoms with van der Waals surface area (Å²) in [4.78, 5) is 0.306. The molecule has 0 aliphatic heterocycles.